The third kappa shape index (κ3) is 4.93. The molecule has 10 heteroatoms. The third-order valence-electron chi connectivity index (χ3n) is 4.91. The van der Waals surface area contributed by atoms with Crippen molar-refractivity contribution in [3.05, 3.63) is 59.7 Å². The second-order valence-electron chi connectivity index (χ2n) is 6.84. The summed E-state index contributed by atoms with van der Waals surface area (Å²) in [4.78, 5) is 13.4. The molecule has 0 amide bonds. The van der Waals surface area contributed by atoms with Crippen LogP contribution in [0.2, 0.25) is 0 Å². The smallest absolute Gasteiger partial charge is 0.416 e. The molecule has 0 saturated carbocycles. The lowest BCUT2D eigenvalue weighted by Gasteiger charge is -2.35. The molecule has 3 rings (SSSR count). The lowest BCUT2D eigenvalue weighted by molar-refractivity contribution is -0.140. The summed E-state index contributed by atoms with van der Waals surface area (Å²) in [5.41, 5.74) is 0.422. The standard InChI is InChI=1S/C20H21F3N2O4S/c1-29-19(26)14-15-3-2-4-18(13-15)30(27,28)25-11-9-24(10-12-25)17-7-5-16(6-8-17)20(21,22)23/h2-8,13H,9-12,14H2,1H3. The molecule has 1 saturated heterocycles. The van der Waals surface area contributed by atoms with Gasteiger partial charge < -0.3 is 9.64 Å². The topological polar surface area (TPSA) is 66.9 Å². The minimum atomic E-state index is -4.40. The Bertz CT molecular complexity index is 999. The molecule has 1 aliphatic rings. The van der Waals surface area contributed by atoms with Crippen molar-refractivity contribution in [1.82, 2.24) is 4.31 Å². The lowest BCUT2D eigenvalue weighted by Crippen LogP contribution is -2.48. The number of hydrogen-bond donors (Lipinski definition) is 0. The molecule has 0 spiro atoms. The number of nitrogens with zero attached hydrogens (tertiary/aromatic N) is 2. The highest BCUT2D eigenvalue weighted by molar-refractivity contribution is 7.89. The molecular weight excluding hydrogens is 421 g/mol. The van der Waals surface area contributed by atoms with Crippen molar-refractivity contribution in [1.29, 1.82) is 0 Å². The van der Waals surface area contributed by atoms with E-state index in [4.69, 9.17) is 0 Å². The Labute approximate surface area is 172 Å². The number of carbonyl (C=O) groups is 1. The number of rotatable bonds is 5. The number of benzene rings is 2. The van der Waals surface area contributed by atoms with E-state index in [9.17, 15) is 26.4 Å². The van der Waals surface area contributed by atoms with Crippen LogP contribution < -0.4 is 4.90 Å². The first kappa shape index (κ1) is 22.1. The molecule has 0 unspecified atom stereocenters. The van der Waals surface area contributed by atoms with Crippen LogP contribution in [0.15, 0.2) is 53.4 Å². The fourth-order valence-electron chi connectivity index (χ4n) is 3.25. The predicted molar refractivity (Wildman–Crippen MR) is 105 cm³/mol. The molecule has 1 heterocycles. The maximum Gasteiger partial charge on any atom is 0.416 e. The summed E-state index contributed by atoms with van der Waals surface area (Å²) < 4.78 is 70.0. The van der Waals surface area contributed by atoms with Gasteiger partial charge in [0.1, 0.15) is 0 Å². The molecule has 6 nitrogen and oxygen atoms in total. The van der Waals surface area contributed by atoms with Gasteiger partial charge >= 0.3 is 12.1 Å². The van der Waals surface area contributed by atoms with Gasteiger partial charge in [-0.3, -0.25) is 4.79 Å². The Morgan fingerprint density at radius 2 is 1.67 bits per heavy atom. The van der Waals surface area contributed by atoms with E-state index in [1.807, 2.05) is 4.90 Å². The van der Waals surface area contributed by atoms with E-state index in [0.717, 1.165) is 12.1 Å². The van der Waals surface area contributed by atoms with Gasteiger partial charge in [0.05, 0.1) is 24.0 Å². The number of alkyl halides is 3. The van der Waals surface area contributed by atoms with Crippen molar-refractivity contribution >= 4 is 21.7 Å². The van der Waals surface area contributed by atoms with E-state index in [0.29, 0.717) is 24.3 Å². The number of methoxy groups -OCH3 is 1. The molecule has 0 atom stereocenters. The lowest BCUT2D eigenvalue weighted by atomic mass is 10.1. The Balaban J connectivity index is 1.68. The zero-order chi connectivity index (χ0) is 21.9. The summed E-state index contributed by atoms with van der Waals surface area (Å²) in [6, 6.07) is 11.0. The van der Waals surface area contributed by atoms with Crippen molar-refractivity contribution in [3.8, 4) is 0 Å². The van der Waals surface area contributed by atoms with E-state index < -0.39 is 27.7 Å². The van der Waals surface area contributed by atoms with Crippen molar-refractivity contribution in [3.63, 3.8) is 0 Å². The van der Waals surface area contributed by atoms with E-state index >= 15 is 0 Å². The van der Waals surface area contributed by atoms with Crippen LogP contribution >= 0.6 is 0 Å². The molecule has 162 valence electrons. The van der Waals surface area contributed by atoms with Crippen LogP contribution in [0.5, 0.6) is 0 Å². The van der Waals surface area contributed by atoms with Gasteiger partial charge in [0.15, 0.2) is 0 Å². The van der Waals surface area contributed by atoms with Gasteiger partial charge in [-0.05, 0) is 42.0 Å². The fraction of sp³-hybridized carbons (Fsp3) is 0.350. The Hall–Kier alpha value is -2.59. The number of ether oxygens (including phenoxy) is 1. The van der Waals surface area contributed by atoms with Crippen LogP contribution in [0.4, 0.5) is 18.9 Å². The molecule has 0 bridgehead atoms. The van der Waals surface area contributed by atoms with Gasteiger partial charge in [-0.1, -0.05) is 12.1 Å². The van der Waals surface area contributed by atoms with Gasteiger partial charge in [0.25, 0.3) is 0 Å². The predicted octanol–water partition coefficient (Wildman–Crippen LogP) is 2.93. The highest BCUT2D eigenvalue weighted by Crippen LogP contribution is 2.31. The molecule has 0 N–H and O–H groups in total. The first-order valence-electron chi connectivity index (χ1n) is 9.19. The number of carbonyl (C=O) groups excluding carboxylic acids is 1. The zero-order valence-corrected chi connectivity index (χ0v) is 17.0. The maximum atomic E-state index is 13.0. The van der Waals surface area contributed by atoms with Crippen molar-refractivity contribution in [2.45, 2.75) is 17.5 Å². The van der Waals surface area contributed by atoms with Gasteiger partial charge in [-0.2, -0.15) is 17.5 Å². The second kappa shape index (κ2) is 8.65. The molecular formula is C20H21F3N2O4S. The number of hydrogen-bond acceptors (Lipinski definition) is 5. The maximum absolute atomic E-state index is 13.0. The largest absolute Gasteiger partial charge is 0.469 e. The third-order valence-corrected chi connectivity index (χ3v) is 6.81. The second-order valence-corrected chi connectivity index (χ2v) is 8.77. The number of sulfonamides is 1. The number of piperazine rings is 1. The number of anilines is 1. The van der Waals surface area contributed by atoms with Crippen LogP contribution in [0.25, 0.3) is 0 Å². The van der Waals surface area contributed by atoms with Crippen LogP contribution in [-0.2, 0) is 32.2 Å². The van der Waals surface area contributed by atoms with Crippen molar-refractivity contribution in [2.24, 2.45) is 0 Å². The average molecular weight is 442 g/mol. The molecule has 2 aromatic rings. The zero-order valence-electron chi connectivity index (χ0n) is 16.2. The molecule has 0 aliphatic carbocycles. The Morgan fingerprint density at radius 1 is 1.03 bits per heavy atom. The molecule has 0 radical (unpaired) electrons. The first-order chi connectivity index (χ1) is 14.1. The van der Waals surface area contributed by atoms with E-state index in [2.05, 4.69) is 4.74 Å². The monoisotopic (exact) mass is 442 g/mol. The van der Waals surface area contributed by atoms with Gasteiger partial charge in [-0.15, -0.1) is 0 Å². The van der Waals surface area contributed by atoms with E-state index in [1.54, 1.807) is 12.1 Å². The summed E-state index contributed by atoms with van der Waals surface area (Å²) in [5.74, 6) is -0.463. The summed E-state index contributed by atoms with van der Waals surface area (Å²) in [7, 11) is -2.49. The quantitative estimate of drug-likeness (QED) is 0.667. The summed E-state index contributed by atoms with van der Waals surface area (Å²) in [6.45, 7) is 1.11. The minimum Gasteiger partial charge on any atom is -0.469 e. The normalized spacial score (nSPS) is 15.8. The van der Waals surface area contributed by atoms with Crippen LogP contribution in [0.3, 0.4) is 0 Å². The van der Waals surface area contributed by atoms with Crippen molar-refractivity contribution < 1.29 is 31.1 Å². The number of esters is 1. The van der Waals surface area contributed by atoms with Crippen LogP contribution in [0, 0.1) is 0 Å². The summed E-state index contributed by atoms with van der Waals surface area (Å²) >= 11 is 0. The summed E-state index contributed by atoms with van der Waals surface area (Å²) in [5, 5.41) is 0. The summed E-state index contributed by atoms with van der Waals surface area (Å²) in [6.07, 6.45) is -4.42. The highest BCUT2D eigenvalue weighted by Gasteiger charge is 2.31. The number of halogens is 3. The van der Waals surface area contributed by atoms with Crippen LogP contribution in [0.1, 0.15) is 11.1 Å². The molecule has 0 aromatic heterocycles. The minimum absolute atomic E-state index is 0.0262. The molecule has 30 heavy (non-hydrogen) atoms. The fourth-order valence-corrected chi connectivity index (χ4v) is 4.74. The van der Waals surface area contributed by atoms with Gasteiger partial charge in [-0.25, -0.2) is 8.42 Å². The Morgan fingerprint density at radius 3 is 2.23 bits per heavy atom. The van der Waals surface area contributed by atoms with Crippen molar-refractivity contribution in [2.75, 3.05) is 38.2 Å². The molecule has 1 aliphatic heterocycles. The highest BCUT2D eigenvalue weighted by atomic mass is 32.2. The SMILES string of the molecule is COC(=O)Cc1cccc(S(=O)(=O)N2CCN(c3ccc(C(F)(F)F)cc3)CC2)c1. The first-order valence-corrected chi connectivity index (χ1v) is 10.6. The van der Waals surface area contributed by atoms with Gasteiger partial charge in [0.2, 0.25) is 10.0 Å². The average Bonchev–Trinajstić information content (AvgIpc) is 2.73. The van der Waals surface area contributed by atoms with E-state index in [1.165, 1.54) is 35.7 Å². The van der Waals surface area contributed by atoms with Crippen LogP contribution in [-0.4, -0.2) is 52.0 Å². The Kier molecular flexibility index (Phi) is 6.37. The molecule has 1 fully saturated rings. The van der Waals surface area contributed by atoms with E-state index in [-0.39, 0.29) is 24.4 Å². The van der Waals surface area contributed by atoms with Gasteiger partial charge in [0, 0.05) is 31.9 Å². The molecule has 2 aromatic carbocycles.